The number of methoxy groups -OCH3 is 2. The van der Waals surface area contributed by atoms with Gasteiger partial charge in [0.25, 0.3) is 5.78 Å². The van der Waals surface area contributed by atoms with Crippen LogP contribution in [0.4, 0.5) is 5.69 Å². The first-order valence-corrected chi connectivity index (χ1v) is 10.3. The SMILES string of the molecule is COc1ccc(NC(=O)Cc2c(C)nc3nc(-c4ccccc4Cl)nn3c2C)c(OC)c1. The fraction of sp³-hybridized carbons (Fsp3) is 0.217. The highest BCUT2D eigenvalue weighted by atomic mass is 35.5. The Morgan fingerprint density at radius 2 is 1.88 bits per heavy atom. The van der Waals surface area contributed by atoms with E-state index in [1.807, 2.05) is 32.0 Å². The molecule has 0 aliphatic carbocycles. The lowest BCUT2D eigenvalue weighted by Gasteiger charge is -2.13. The van der Waals surface area contributed by atoms with Gasteiger partial charge in [-0.2, -0.15) is 4.98 Å². The van der Waals surface area contributed by atoms with Gasteiger partial charge in [0, 0.05) is 28.6 Å². The number of amides is 1. The summed E-state index contributed by atoms with van der Waals surface area (Å²) >= 11 is 6.30. The number of rotatable bonds is 6. The first kappa shape index (κ1) is 21.6. The molecule has 4 aromatic rings. The fourth-order valence-corrected chi connectivity index (χ4v) is 3.70. The van der Waals surface area contributed by atoms with Gasteiger partial charge in [0.05, 0.1) is 31.4 Å². The Hall–Kier alpha value is -3.65. The van der Waals surface area contributed by atoms with E-state index in [-0.39, 0.29) is 12.3 Å². The third kappa shape index (κ3) is 4.09. The van der Waals surface area contributed by atoms with E-state index in [4.69, 9.17) is 21.1 Å². The van der Waals surface area contributed by atoms with Gasteiger partial charge in [0.15, 0.2) is 5.82 Å². The smallest absolute Gasteiger partial charge is 0.253 e. The topological polar surface area (TPSA) is 90.6 Å². The van der Waals surface area contributed by atoms with Gasteiger partial charge in [-0.05, 0) is 38.1 Å². The molecule has 0 saturated carbocycles. The van der Waals surface area contributed by atoms with Gasteiger partial charge < -0.3 is 14.8 Å². The maximum Gasteiger partial charge on any atom is 0.253 e. The Kier molecular flexibility index (Phi) is 5.96. The van der Waals surface area contributed by atoms with Crippen molar-refractivity contribution in [1.82, 2.24) is 19.6 Å². The Morgan fingerprint density at radius 3 is 2.59 bits per heavy atom. The molecule has 0 radical (unpaired) electrons. The molecular formula is C23H22ClN5O3. The molecule has 0 aliphatic heterocycles. The van der Waals surface area contributed by atoms with Gasteiger partial charge in [-0.1, -0.05) is 23.7 Å². The average molecular weight is 452 g/mol. The second kappa shape index (κ2) is 8.84. The minimum Gasteiger partial charge on any atom is -0.497 e. The molecule has 2 aromatic heterocycles. The summed E-state index contributed by atoms with van der Waals surface area (Å²) in [4.78, 5) is 21.9. The molecule has 0 spiro atoms. The molecule has 1 amide bonds. The van der Waals surface area contributed by atoms with Crippen LogP contribution >= 0.6 is 11.6 Å². The van der Waals surface area contributed by atoms with Gasteiger partial charge in [0.1, 0.15) is 11.5 Å². The summed E-state index contributed by atoms with van der Waals surface area (Å²) in [5.41, 5.74) is 3.56. The monoisotopic (exact) mass is 451 g/mol. The first-order valence-electron chi connectivity index (χ1n) is 9.91. The molecule has 1 N–H and O–H groups in total. The number of carbonyl (C=O) groups excluding carboxylic acids is 1. The Labute approximate surface area is 190 Å². The van der Waals surface area contributed by atoms with Gasteiger partial charge in [0.2, 0.25) is 5.91 Å². The van der Waals surface area contributed by atoms with E-state index >= 15 is 0 Å². The van der Waals surface area contributed by atoms with Crippen molar-refractivity contribution in [1.29, 1.82) is 0 Å². The molecule has 0 unspecified atom stereocenters. The van der Waals surface area contributed by atoms with Crippen molar-refractivity contribution < 1.29 is 14.3 Å². The van der Waals surface area contributed by atoms with E-state index in [0.29, 0.717) is 39.5 Å². The zero-order valence-corrected chi connectivity index (χ0v) is 18.9. The molecule has 164 valence electrons. The standard InChI is InChI=1S/C23H22ClN5O3/c1-13-17(12-21(30)26-19-10-9-15(31-3)11-20(19)32-4)14(2)29-23(25-13)27-22(28-29)16-7-5-6-8-18(16)24/h5-11H,12H2,1-4H3,(H,26,30). The number of halogens is 1. The van der Waals surface area contributed by atoms with Crippen LogP contribution in [0.2, 0.25) is 5.02 Å². The number of hydrogen-bond acceptors (Lipinski definition) is 6. The zero-order chi connectivity index (χ0) is 22.8. The number of nitrogens with zero attached hydrogens (tertiary/aromatic N) is 4. The van der Waals surface area contributed by atoms with Crippen LogP contribution in [-0.4, -0.2) is 39.7 Å². The molecule has 32 heavy (non-hydrogen) atoms. The summed E-state index contributed by atoms with van der Waals surface area (Å²) in [5, 5.41) is 8.03. The van der Waals surface area contributed by atoms with Crippen LogP contribution in [0.25, 0.3) is 17.2 Å². The fourth-order valence-electron chi connectivity index (χ4n) is 3.48. The van der Waals surface area contributed by atoms with Crippen LogP contribution in [-0.2, 0) is 11.2 Å². The van der Waals surface area contributed by atoms with Crippen LogP contribution in [0.1, 0.15) is 17.0 Å². The minimum atomic E-state index is -0.202. The normalized spacial score (nSPS) is 10.9. The number of ether oxygens (including phenoxy) is 2. The predicted octanol–water partition coefficient (Wildman–Crippen LogP) is 4.26. The average Bonchev–Trinajstić information content (AvgIpc) is 3.21. The van der Waals surface area contributed by atoms with Crippen LogP contribution in [0.3, 0.4) is 0 Å². The molecule has 0 fully saturated rings. The van der Waals surface area contributed by atoms with Crippen LogP contribution in [0.5, 0.6) is 11.5 Å². The van der Waals surface area contributed by atoms with Crippen molar-refractivity contribution in [3.8, 4) is 22.9 Å². The van der Waals surface area contributed by atoms with E-state index in [0.717, 1.165) is 16.8 Å². The van der Waals surface area contributed by atoms with Crippen molar-refractivity contribution in [2.45, 2.75) is 20.3 Å². The molecule has 9 heteroatoms. The van der Waals surface area contributed by atoms with Crippen LogP contribution in [0, 0.1) is 13.8 Å². The largest absolute Gasteiger partial charge is 0.497 e. The molecule has 0 aliphatic rings. The number of anilines is 1. The quantitative estimate of drug-likeness (QED) is 0.471. The second-order valence-corrected chi connectivity index (χ2v) is 7.59. The van der Waals surface area contributed by atoms with Gasteiger partial charge >= 0.3 is 0 Å². The Balaban J connectivity index is 1.63. The van der Waals surface area contributed by atoms with E-state index in [1.54, 1.807) is 35.9 Å². The lowest BCUT2D eigenvalue weighted by molar-refractivity contribution is -0.115. The third-order valence-electron chi connectivity index (χ3n) is 5.18. The summed E-state index contributed by atoms with van der Waals surface area (Å²) in [6.07, 6.45) is 0.122. The third-order valence-corrected chi connectivity index (χ3v) is 5.51. The maximum absolute atomic E-state index is 12.8. The van der Waals surface area contributed by atoms with Crippen molar-refractivity contribution >= 4 is 29.0 Å². The van der Waals surface area contributed by atoms with E-state index in [1.165, 1.54) is 7.11 Å². The number of hydrogen-bond donors (Lipinski definition) is 1. The molecule has 2 aromatic carbocycles. The molecule has 0 atom stereocenters. The summed E-state index contributed by atoms with van der Waals surface area (Å²) in [6, 6.07) is 12.6. The van der Waals surface area contributed by atoms with Crippen molar-refractivity contribution in [3.63, 3.8) is 0 Å². The number of nitrogens with one attached hydrogen (secondary N) is 1. The summed E-state index contributed by atoms with van der Waals surface area (Å²) in [5.74, 6) is 1.89. The summed E-state index contributed by atoms with van der Waals surface area (Å²) in [6.45, 7) is 3.75. The number of aryl methyl sites for hydroxylation is 2. The van der Waals surface area contributed by atoms with Gasteiger partial charge in [-0.3, -0.25) is 4.79 Å². The molecule has 0 saturated heterocycles. The summed E-state index contributed by atoms with van der Waals surface area (Å²) < 4.78 is 12.2. The molecule has 0 bridgehead atoms. The number of fused-ring (bicyclic) bond motifs is 1. The number of benzene rings is 2. The van der Waals surface area contributed by atoms with Crippen molar-refractivity contribution in [2.24, 2.45) is 0 Å². The van der Waals surface area contributed by atoms with Crippen LogP contribution in [0.15, 0.2) is 42.5 Å². The molecular weight excluding hydrogens is 430 g/mol. The zero-order valence-electron chi connectivity index (χ0n) is 18.1. The van der Waals surface area contributed by atoms with Crippen LogP contribution < -0.4 is 14.8 Å². The van der Waals surface area contributed by atoms with E-state index in [9.17, 15) is 4.79 Å². The van der Waals surface area contributed by atoms with Crippen molar-refractivity contribution in [3.05, 3.63) is 64.4 Å². The second-order valence-electron chi connectivity index (χ2n) is 7.18. The number of carbonyl (C=O) groups is 1. The Morgan fingerprint density at radius 1 is 1.09 bits per heavy atom. The maximum atomic E-state index is 12.8. The van der Waals surface area contributed by atoms with Gasteiger partial charge in [-0.25, -0.2) is 9.50 Å². The van der Waals surface area contributed by atoms with Gasteiger partial charge in [-0.15, -0.1) is 5.10 Å². The lowest BCUT2D eigenvalue weighted by atomic mass is 10.1. The highest BCUT2D eigenvalue weighted by molar-refractivity contribution is 6.33. The Bertz CT molecular complexity index is 1320. The van der Waals surface area contributed by atoms with E-state index < -0.39 is 0 Å². The van der Waals surface area contributed by atoms with Crippen molar-refractivity contribution in [2.75, 3.05) is 19.5 Å². The first-order chi connectivity index (χ1) is 15.4. The summed E-state index contributed by atoms with van der Waals surface area (Å²) in [7, 11) is 3.11. The lowest BCUT2D eigenvalue weighted by Crippen LogP contribution is -2.18. The number of aromatic nitrogens is 4. The molecule has 2 heterocycles. The predicted molar refractivity (Wildman–Crippen MR) is 123 cm³/mol. The minimum absolute atomic E-state index is 0.122. The highest BCUT2D eigenvalue weighted by Gasteiger charge is 2.18. The van der Waals surface area contributed by atoms with E-state index in [2.05, 4.69) is 20.4 Å². The highest BCUT2D eigenvalue weighted by Crippen LogP contribution is 2.29. The molecule has 8 nitrogen and oxygen atoms in total. The molecule has 4 rings (SSSR count).